The van der Waals surface area contributed by atoms with Crippen LogP contribution in [0.15, 0.2) is 24.3 Å². The third kappa shape index (κ3) is 3.50. The molecule has 1 saturated heterocycles. The van der Waals surface area contributed by atoms with Crippen LogP contribution in [-0.2, 0) is 4.79 Å². The van der Waals surface area contributed by atoms with Crippen LogP contribution in [0.3, 0.4) is 0 Å². The fraction of sp³-hybridized carbons (Fsp3) is 0.533. The van der Waals surface area contributed by atoms with E-state index in [0.717, 1.165) is 13.0 Å². The number of hydrogen-bond acceptors (Lipinski definition) is 3. The molecule has 116 valence electrons. The van der Waals surface area contributed by atoms with Crippen molar-refractivity contribution >= 4 is 11.6 Å². The molecule has 0 aromatic heterocycles. The van der Waals surface area contributed by atoms with Crippen LogP contribution in [0.1, 0.15) is 20.3 Å². The van der Waals surface area contributed by atoms with Gasteiger partial charge in [0.25, 0.3) is 0 Å². The van der Waals surface area contributed by atoms with Crippen LogP contribution in [0, 0.1) is 11.3 Å². The lowest BCUT2D eigenvalue weighted by molar-refractivity contribution is -0.126. The lowest BCUT2D eigenvalue weighted by Crippen LogP contribution is -2.42. The summed E-state index contributed by atoms with van der Waals surface area (Å²) in [6.45, 7) is 2.70. The van der Waals surface area contributed by atoms with Crippen LogP contribution in [0.2, 0.25) is 0 Å². The highest BCUT2D eigenvalue weighted by Crippen LogP contribution is 2.35. The molecule has 4 nitrogen and oxygen atoms in total. The number of benzene rings is 1. The molecule has 1 unspecified atom stereocenters. The van der Waals surface area contributed by atoms with Gasteiger partial charge in [-0.2, -0.15) is 8.78 Å². The molecule has 1 aromatic carbocycles. The Kier molecular flexibility index (Phi) is 4.77. The summed E-state index contributed by atoms with van der Waals surface area (Å²) in [4.78, 5) is 12.5. The number of alkyl halides is 2. The molecule has 2 rings (SSSR count). The summed E-state index contributed by atoms with van der Waals surface area (Å²) in [5, 5.41) is 6.09. The van der Waals surface area contributed by atoms with Crippen LogP contribution in [-0.4, -0.2) is 25.6 Å². The molecule has 21 heavy (non-hydrogen) atoms. The van der Waals surface area contributed by atoms with Crippen molar-refractivity contribution in [1.82, 2.24) is 5.32 Å². The Balaban J connectivity index is 2.05. The lowest BCUT2D eigenvalue weighted by Gasteiger charge is -2.31. The summed E-state index contributed by atoms with van der Waals surface area (Å²) in [6, 6.07) is 5.95. The summed E-state index contributed by atoms with van der Waals surface area (Å²) in [6.07, 6.45) is 0.795. The van der Waals surface area contributed by atoms with Crippen molar-refractivity contribution in [2.45, 2.75) is 26.9 Å². The zero-order valence-corrected chi connectivity index (χ0v) is 12.2. The number of hydrogen-bond donors (Lipinski definition) is 2. The van der Waals surface area contributed by atoms with Gasteiger partial charge < -0.3 is 15.4 Å². The second kappa shape index (κ2) is 6.39. The minimum absolute atomic E-state index is 0.0370. The molecule has 1 amide bonds. The minimum Gasteiger partial charge on any atom is -0.435 e. The van der Waals surface area contributed by atoms with Crippen LogP contribution in [0.5, 0.6) is 5.75 Å². The van der Waals surface area contributed by atoms with Crippen LogP contribution in [0.4, 0.5) is 14.5 Å². The molecule has 0 saturated carbocycles. The Morgan fingerprint density at radius 1 is 1.33 bits per heavy atom. The van der Waals surface area contributed by atoms with Crippen molar-refractivity contribution in [2.24, 2.45) is 11.3 Å². The minimum atomic E-state index is -2.85. The highest BCUT2D eigenvalue weighted by atomic mass is 19.3. The summed E-state index contributed by atoms with van der Waals surface area (Å²) in [5.41, 5.74) is 0.159. The Bertz CT molecular complexity index is 483. The first kappa shape index (κ1) is 15.7. The summed E-state index contributed by atoms with van der Waals surface area (Å²) in [5.74, 6) is 0.253. The average Bonchev–Trinajstić information content (AvgIpc) is 2.91. The molecular formula is C15H20F2N2O2. The third-order valence-corrected chi connectivity index (χ3v) is 4.08. The standard InChI is InChI=1S/C15H20F2N2O2/c1-10(2)15(7-8-18-9-15)13(20)19-11-3-5-12(6-4-11)21-14(16)17/h3-6,10,14,18H,7-9H2,1-2H3,(H,19,20). The summed E-state index contributed by atoms with van der Waals surface area (Å²) < 4.78 is 28.4. The molecule has 0 radical (unpaired) electrons. The number of anilines is 1. The number of halogens is 2. The highest BCUT2D eigenvalue weighted by Gasteiger charge is 2.43. The van der Waals surface area contributed by atoms with Crippen molar-refractivity contribution < 1.29 is 18.3 Å². The van der Waals surface area contributed by atoms with E-state index in [4.69, 9.17) is 0 Å². The molecule has 1 fully saturated rings. The fourth-order valence-corrected chi connectivity index (χ4v) is 2.64. The van der Waals surface area contributed by atoms with Gasteiger partial charge in [0.15, 0.2) is 0 Å². The Hall–Kier alpha value is -1.69. The number of carbonyl (C=O) groups is 1. The molecule has 1 aromatic rings. The SMILES string of the molecule is CC(C)C1(C(=O)Nc2ccc(OC(F)F)cc2)CCNC1. The first-order valence-corrected chi connectivity index (χ1v) is 7.01. The summed E-state index contributed by atoms with van der Waals surface area (Å²) in [7, 11) is 0. The van der Waals surface area contributed by atoms with Crippen molar-refractivity contribution in [2.75, 3.05) is 18.4 Å². The van der Waals surface area contributed by atoms with E-state index in [1.807, 2.05) is 13.8 Å². The molecule has 1 aliphatic heterocycles. The first-order valence-electron chi connectivity index (χ1n) is 7.01. The molecular weight excluding hydrogens is 278 g/mol. The maximum Gasteiger partial charge on any atom is 0.387 e. The largest absolute Gasteiger partial charge is 0.435 e. The average molecular weight is 298 g/mol. The van der Waals surface area contributed by atoms with E-state index in [9.17, 15) is 13.6 Å². The molecule has 1 atom stereocenters. The van der Waals surface area contributed by atoms with Gasteiger partial charge in [0.05, 0.1) is 5.41 Å². The van der Waals surface area contributed by atoms with Gasteiger partial charge in [-0.3, -0.25) is 4.79 Å². The molecule has 6 heteroatoms. The number of carbonyl (C=O) groups excluding carboxylic acids is 1. The van der Waals surface area contributed by atoms with Crippen molar-refractivity contribution in [3.63, 3.8) is 0 Å². The second-order valence-electron chi connectivity index (χ2n) is 5.59. The van der Waals surface area contributed by atoms with Crippen LogP contribution in [0.25, 0.3) is 0 Å². The van der Waals surface area contributed by atoms with E-state index in [-0.39, 0.29) is 17.6 Å². The van der Waals surface area contributed by atoms with Gasteiger partial charge in [-0.15, -0.1) is 0 Å². The van der Waals surface area contributed by atoms with E-state index in [1.165, 1.54) is 12.1 Å². The predicted molar refractivity (Wildman–Crippen MR) is 76.5 cm³/mol. The fourth-order valence-electron chi connectivity index (χ4n) is 2.64. The molecule has 1 heterocycles. The van der Waals surface area contributed by atoms with E-state index in [2.05, 4.69) is 15.4 Å². The maximum absolute atomic E-state index is 12.5. The van der Waals surface area contributed by atoms with Crippen LogP contribution >= 0.6 is 0 Å². The molecule has 0 spiro atoms. The molecule has 1 aliphatic rings. The molecule has 2 N–H and O–H groups in total. The van der Waals surface area contributed by atoms with Gasteiger partial charge in [-0.1, -0.05) is 13.8 Å². The monoisotopic (exact) mass is 298 g/mol. The smallest absolute Gasteiger partial charge is 0.387 e. The number of amides is 1. The molecule has 0 aliphatic carbocycles. The van der Waals surface area contributed by atoms with Crippen LogP contribution < -0.4 is 15.4 Å². The van der Waals surface area contributed by atoms with Crippen molar-refractivity contribution in [3.8, 4) is 5.75 Å². The maximum atomic E-state index is 12.5. The van der Waals surface area contributed by atoms with E-state index in [0.29, 0.717) is 12.2 Å². The van der Waals surface area contributed by atoms with Gasteiger partial charge in [0, 0.05) is 12.2 Å². The summed E-state index contributed by atoms with van der Waals surface area (Å²) >= 11 is 0. The zero-order valence-electron chi connectivity index (χ0n) is 12.2. The third-order valence-electron chi connectivity index (χ3n) is 4.08. The van der Waals surface area contributed by atoms with Gasteiger partial charge >= 0.3 is 6.61 Å². The first-order chi connectivity index (χ1) is 9.94. The van der Waals surface area contributed by atoms with Crippen molar-refractivity contribution in [3.05, 3.63) is 24.3 Å². The zero-order chi connectivity index (χ0) is 15.5. The normalized spacial score (nSPS) is 21.8. The Labute approximate surface area is 122 Å². The molecule has 0 bridgehead atoms. The Morgan fingerprint density at radius 2 is 2.00 bits per heavy atom. The predicted octanol–water partition coefficient (Wildman–Crippen LogP) is 2.86. The van der Waals surface area contributed by atoms with Crippen molar-refractivity contribution in [1.29, 1.82) is 0 Å². The quantitative estimate of drug-likeness (QED) is 0.879. The van der Waals surface area contributed by atoms with Gasteiger partial charge in [0.2, 0.25) is 5.91 Å². The topological polar surface area (TPSA) is 50.4 Å². The van der Waals surface area contributed by atoms with Gasteiger partial charge in [-0.25, -0.2) is 0 Å². The lowest BCUT2D eigenvalue weighted by atomic mass is 9.75. The number of rotatable bonds is 5. The van der Waals surface area contributed by atoms with E-state index >= 15 is 0 Å². The number of ether oxygens (including phenoxy) is 1. The van der Waals surface area contributed by atoms with Gasteiger partial charge in [0.1, 0.15) is 5.75 Å². The van der Waals surface area contributed by atoms with E-state index in [1.54, 1.807) is 12.1 Å². The number of nitrogens with one attached hydrogen (secondary N) is 2. The van der Waals surface area contributed by atoms with E-state index < -0.39 is 12.0 Å². The van der Waals surface area contributed by atoms with Gasteiger partial charge in [-0.05, 0) is 43.1 Å². The second-order valence-corrected chi connectivity index (χ2v) is 5.59. The Morgan fingerprint density at radius 3 is 2.48 bits per heavy atom. The highest BCUT2D eigenvalue weighted by molar-refractivity contribution is 5.96.